The molecule has 0 bridgehead atoms. The van der Waals surface area contributed by atoms with Gasteiger partial charge in [0, 0.05) is 22.2 Å². The summed E-state index contributed by atoms with van der Waals surface area (Å²) in [5, 5.41) is 34.0. The van der Waals surface area contributed by atoms with Gasteiger partial charge in [0.25, 0.3) is 0 Å². The number of rotatable bonds is 3. The number of pyridine rings is 1. The van der Waals surface area contributed by atoms with Gasteiger partial charge in [-0.05, 0) is 49.6 Å². The molecule has 1 aliphatic carbocycles. The Morgan fingerprint density at radius 1 is 1.19 bits per heavy atom. The third-order valence-electron chi connectivity index (χ3n) is 5.11. The molecule has 4 rings (SSSR count). The van der Waals surface area contributed by atoms with Crippen LogP contribution in [-0.2, 0) is 0 Å². The van der Waals surface area contributed by atoms with Crippen molar-refractivity contribution >= 4 is 28.3 Å². The molecule has 2 heterocycles. The summed E-state index contributed by atoms with van der Waals surface area (Å²) >= 11 is 6.03. The molecule has 7 heteroatoms. The Balaban J connectivity index is 1.82. The fourth-order valence-electron chi connectivity index (χ4n) is 3.76. The van der Waals surface area contributed by atoms with Gasteiger partial charge in [-0.3, -0.25) is 4.98 Å². The lowest BCUT2D eigenvalue weighted by atomic mass is 9.92. The Kier molecular flexibility index (Phi) is 4.85. The summed E-state index contributed by atoms with van der Waals surface area (Å²) in [6.45, 7) is 1.87. The summed E-state index contributed by atoms with van der Waals surface area (Å²) in [6.07, 6.45) is 5.08. The highest BCUT2D eigenvalue weighted by molar-refractivity contribution is 6.31. The van der Waals surface area contributed by atoms with Crippen molar-refractivity contribution in [1.29, 1.82) is 0 Å². The fraction of sp³-hybridized carbons (Fsp3) is 0.350. The van der Waals surface area contributed by atoms with Crippen molar-refractivity contribution in [1.82, 2.24) is 15.2 Å². The highest BCUT2D eigenvalue weighted by Crippen LogP contribution is 2.38. The van der Waals surface area contributed by atoms with Crippen molar-refractivity contribution in [3.63, 3.8) is 0 Å². The molecule has 3 N–H and O–H groups in total. The molecule has 1 fully saturated rings. The number of nitrogens with zero attached hydrogens (tertiary/aromatic N) is 3. The minimum Gasteiger partial charge on any atom is -0.507 e. The lowest BCUT2D eigenvalue weighted by Gasteiger charge is -2.28. The number of aromatic hydroxyl groups is 1. The number of aliphatic hydroxyl groups is 1. The molecule has 27 heavy (non-hydrogen) atoms. The third-order valence-corrected chi connectivity index (χ3v) is 5.32. The lowest BCUT2D eigenvalue weighted by molar-refractivity contribution is 0.116. The molecular formula is C20H21ClN4O2. The number of hydrogen-bond acceptors (Lipinski definition) is 6. The zero-order valence-corrected chi connectivity index (χ0v) is 15.7. The molecule has 1 aromatic carbocycles. The number of nitrogens with one attached hydrogen (secondary N) is 1. The van der Waals surface area contributed by atoms with Crippen LogP contribution in [0.5, 0.6) is 5.75 Å². The highest BCUT2D eigenvalue weighted by atomic mass is 35.5. The monoisotopic (exact) mass is 384 g/mol. The Labute approximate surface area is 162 Å². The summed E-state index contributed by atoms with van der Waals surface area (Å²) in [7, 11) is 0. The number of hydrogen-bond donors (Lipinski definition) is 3. The summed E-state index contributed by atoms with van der Waals surface area (Å²) in [5.74, 6) is 0.606. The van der Waals surface area contributed by atoms with Gasteiger partial charge in [-0.25, -0.2) is 0 Å². The zero-order chi connectivity index (χ0) is 19.0. The molecule has 0 radical (unpaired) electrons. The van der Waals surface area contributed by atoms with Gasteiger partial charge in [0.1, 0.15) is 17.0 Å². The maximum absolute atomic E-state index is 10.4. The molecular weight excluding hydrogens is 364 g/mol. The quantitative estimate of drug-likeness (QED) is 0.630. The van der Waals surface area contributed by atoms with Crippen LogP contribution in [0.1, 0.15) is 31.2 Å². The van der Waals surface area contributed by atoms with Crippen molar-refractivity contribution in [2.45, 2.75) is 44.8 Å². The summed E-state index contributed by atoms with van der Waals surface area (Å²) in [6, 6.07) is 6.95. The van der Waals surface area contributed by atoms with Gasteiger partial charge in [0.05, 0.1) is 12.1 Å². The number of halogens is 1. The summed E-state index contributed by atoms with van der Waals surface area (Å²) in [4.78, 5) is 4.48. The Morgan fingerprint density at radius 3 is 2.78 bits per heavy atom. The van der Waals surface area contributed by atoms with Crippen LogP contribution in [0.2, 0.25) is 5.02 Å². The van der Waals surface area contributed by atoms with E-state index >= 15 is 0 Å². The average molecular weight is 385 g/mol. The van der Waals surface area contributed by atoms with Gasteiger partial charge in [-0.15, -0.1) is 10.2 Å². The number of phenolic OH excluding ortho intramolecular Hbond substituents is 1. The van der Waals surface area contributed by atoms with E-state index in [1.165, 1.54) is 6.07 Å². The number of aromatic nitrogens is 3. The largest absolute Gasteiger partial charge is 0.507 e. The van der Waals surface area contributed by atoms with E-state index in [1.807, 2.05) is 19.1 Å². The van der Waals surface area contributed by atoms with Crippen LogP contribution < -0.4 is 5.32 Å². The molecule has 3 aromatic rings. The first-order valence-electron chi connectivity index (χ1n) is 9.10. The number of aliphatic hydroxyl groups excluding tert-OH is 1. The van der Waals surface area contributed by atoms with Gasteiger partial charge in [0.15, 0.2) is 5.82 Å². The van der Waals surface area contributed by atoms with E-state index in [4.69, 9.17) is 11.6 Å². The smallest absolute Gasteiger partial charge is 0.175 e. The maximum atomic E-state index is 10.4. The topological polar surface area (TPSA) is 91.2 Å². The number of benzene rings is 1. The van der Waals surface area contributed by atoms with E-state index in [9.17, 15) is 10.2 Å². The normalized spacial score (nSPS) is 20.0. The molecule has 2 unspecified atom stereocenters. The standard InChI is InChI=1S/C20H21ClN4O2/c1-11-9-12(21)10-16(27)17(11)18-13-5-4-8-22-19(13)20(25-24-18)23-14-6-2-3-7-15(14)26/h4-5,8-10,14-15,26-27H,2-3,6-7H2,1H3,(H,23,25). The van der Waals surface area contributed by atoms with Gasteiger partial charge >= 0.3 is 0 Å². The number of phenols is 1. The molecule has 1 aliphatic rings. The second-order valence-corrected chi connectivity index (χ2v) is 7.45. The fourth-order valence-corrected chi connectivity index (χ4v) is 4.02. The first-order chi connectivity index (χ1) is 13.0. The predicted octanol–water partition coefficient (Wildman–Crippen LogP) is 4.07. The maximum Gasteiger partial charge on any atom is 0.175 e. The van der Waals surface area contributed by atoms with E-state index in [0.29, 0.717) is 27.6 Å². The van der Waals surface area contributed by atoms with Crippen LogP contribution >= 0.6 is 11.6 Å². The Morgan fingerprint density at radius 2 is 2.00 bits per heavy atom. The minimum absolute atomic E-state index is 0.0582. The van der Waals surface area contributed by atoms with E-state index in [0.717, 1.165) is 36.6 Å². The van der Waals surface area contributed by atoms with Crippen LogP contribution in [0.3, 0.4) is 0 Å². The zero-order valence-electron chi connectivity index (χ0n) is 15.0. The molecule has 2 atom stereocenters. The van der Waals surface area contributed by atoms with E-state index < -0.39 is 6.10 Å². The number of aryl methyl sites for hydroxylation is 1. The Bertz CT molecular complexity index is 972. The van der Waals surface area contributed by atoms with Crippen molar-refractivity contribution in [2.75, 3.05) is 5.32 Å². The lowest BCUT2D eigenvalue weighted by Crippen LogP contribution is -2.36. The first-order valence-corrected chi connectivity index (χ1v) is 9.48. The van der Waals surface area contributed by atoms with Crippen LogP contribution in [0.15, 0.2) is 30.5 Å². The van der Waals surface area contributed by atoms with Crippen LogP contribution in [-0.4, -0.2) is 37.5 Å². The molecule has 0 spiro atoms. The molecule has 0 saturated heterocycles. The summed E-state index contributed by atoms with van der Waals surface area (Å²) < 4.78 is 0. The van der Waals surface area contributed by atoms with Crippen molar-refractivity contribution in [2.24, 2.45) is 0 Å². The van der Waals surface area contributed by atoms with Gasteiger partial charge in [-0.2, -0.15) is 0 Å². The van der Waals surface area contributed by atoms with Gasteiger partial charge < -0.3 is 15.5 Å². The van der Waals surface area contributed by atoms with Crippen LogP contribution in [0.25, 0.3) is 22.2 Å². The van der Waals surface area contributed by atoms with Crippen LogP contribution in [0.4, 0.5) is 5.82 Å². The van der Waals surface area contributed by atoms with Gasteiger partial charge in [0.2, 0.25) is 0 Å². The second kappa shape index (κ2) is 7.29. The number of anilines is 1. The van der Waals surface area contributed by atoms with E-state index in [2.05, 4.69) is 20.5 Å². The first kappa shape index (κ1) is 17.9. The second-order valence-electron chi connectivity index (χ2n) is 7.02. The van der Waals surface area contributed by atoms with Crippen molar-refractivity contribution in [3.8, 4) is 17.0 Å². The Hall–Kier alpha value is -2.44. The SMILES string of the molecule is Cc1cc(Cl)cc(O)c1-c1nnc(NC2CCCCC2O)c2ncccc12. The molecule has 2 aromatic heterocycles. The summed E-state index contributed by atoms with van der Waals surface area (Å²) in [5.41, 5.74) is 2.62. The molecule has 0 aliphatic heterocycles. The molecule has 6 nitrogen and oxygen atoms in total. The van der Waals surface area contributed by atoms with E-state index in [1.54, 1.807) is 12.3 Å². The van der Waals surface area contributed by atoms with Crippen molar-refractivity contribution < 1.29 is 10.2 Å². The average Bonchev–Trinajstić information content (AvgIpc) is 2.64. The van der Waals surface area contributed by atoms with Gasteiger partial charge in [-0.1, -0.05) is 24.4 Å². The number of fused-ring (bicyclic) bond motifs is 1. The predicted molar refractivity (Wildman–Crippen MR) is 106 cm³/mol. The molecule has 1 saturated carbocycles. The highest BCUT2D eigenvalue weighted by Gasteiger charge is 2.25. The molecule has 0 amide bonds. The van der Waals surface area contributed by atoms with Crippen LogP contribution in [0, 0.1) is 6.92 Å². The van der Waals surface area contributed by atoms with E-state index in [-0.39, 0.29) is 11.8 Å². The third kappa shape index (κ3) is 3.42. The minimum atomic E-state index is -0.401. The molecule has 140 valence electrons. The van der Waals surface area contributed by atoms with Crippen molar-refractivity contribution in [3.05, 3.63) is 41.0 Å².